The van der Waals surface area contributed by atoms with E-state index in [-0.39, 0.29) is 0 Å². The third-order valence-corrected chi connectivity index (χ3v) is 4.97. The second-order valence-electron chi connectivity index (χ2n) is 5.64. The molecule has 0 amide bonds. The van der Waals surface area contributed by atoms with Crippen LogP contribution in [0, 0.1) is 35.5 Å². The van der Waals surface area contributed by atoms with Crippen molar-refractivity contribution < 1.29 is 0 Å². The van der Waals surface area contributed by atoms with E-state index >= 15 is 0 Å². The summed E-state index contributed by atoms with van der Waals surface area (Å²) in [5.41, 5.74) is 0. The zero-order valence-electron chi connectivity index (χ0n) is 10.9. The van der Waals surface area contributed by atoms with Gasteiger partial charge in [0.15, 0.2) is 0 Å². The molecule has 0 bridgehead atoms. The minimum atomic E-state index is 0.913. The van der Waals surface area contributed by atoms with Crippen LogP contribution in [0.2, 0.25) is 0 Å². The van der Waals surface area contributed by atoms with Gasteiger partial charge >= 0.3 is 0 Å². The molecule has 0 radical (unpaired) electrons. The molecule has 0 aliphatic heterocycles. The molecule has 6 atom stereocenters. The second kappa shape index (κ2) is 4.68. The van der Waals surface area contributed by atoms with E-state index in [1.807, 2.05) is 0 Å². The Morgan fingerprint density at radius 1 is 0.929 bits per heavy atom. The average Bonchev–Trinajstić information content (AvgIpc) is 2.86. The van der Waals surface area contributed by atoms with Gasteiger partial charge in [0, 0.05) is 0 Å². The second-order valence-corrected chi connectivity index (χ2v) is 5.64. The third kappa shape index (κ3) is 2.15. The van der Waals surface area contributed by atoms with Crippen molar-refractivity contribution in [2.24, 2.45) is 35.5 Å². The van der Waals surface area contributed by atoms with Crippen LogP contribution in [0.25, 0.3) is 0 Å². The smallest absolute Gasteiger partial charge is 0.0324 e. The quantitative estimate of drug-likeness (QED) is 0.603. The zero-order valence-corrected chi connectivity index (χ0v) is 10.9. The SMILES string of the molecule is CCC(C)C(C)C1C(C)C1C(C)CC. The van der Waals surface area contributed by atoms with Gasteiger partial charge in [-0.15, -0.1) is 0 Å². The van der Waals surface area contributed by atoms with Gasteiger partial charge in [-0.1, -0.05) is 54.4 Å². The molecular weight excluding hydrogens is 168 g/mol. The summed E-state index contributed by atoms with van der Waals surface area (Å²) in [6.45, 7) is 14.4. The molecule has 0 nitrogen and oxygen atoms in total. The maximum Gasteiger partial charge on any atom is -0.0324 e. The van der Waals surface area contributed by atoms with Gasteiger partial charge in [-0.3, -0.25) is 0 Å². The molecule has 0 heterocycles. The summed E-state index contributed by atoms with van der Waals surface area (Å²) < 4.78 is 0. The number of hydrogen-bond acceptors (Lipinski definition) is 0. The Labute approximate surface area is 90.5 Å². The van der Waals surface area contributed by atoms with Crippen molar-refractivity contribution in [1.29, 1.82) is 0 Å². The Kier molecular flexibility index (Phi) is 4.04. The van der Waals surface area contributed by atoms with Gasteiger partial charge in [0.1, 0.15) is 0 Å². The first-order chi connectivity index (χ1) is 6.54. The third-order valence-electron chi connectivity index (χ3n) is 4.97. The first-order valence-corrected chi connectivity index (χ1v) is 6.54. The fourth-order valence-corrected chi connectivity index (χ4v) is 3.28. The molecule has 0 aromatic heterocycles. The molecule has 0 N–H and O–H groups in total. The van der Waals surface area contributed by atoms with Crippen LogP contribution in [0.5, 0.6) is 0 Å². The minimum Gasteiger partial charge on any atom is -0.0651 e. The topological polar surface area (TPSA) is 0 Å². The van der Waals surface area contributed by atoms with Crippen molar-refractivity contribution in [2.45, 2.75) is 54.4 Å². The molecular formula is C14H28. The Balaban J connectivity index is 2.48. The van der Waals surface area contributed by atoms with Crippen LogP contribution in [0.15, 0.2) is 0 Å². The summed E-state index contributed by atoms with van der Waals surface area (Å²) in [5.74, 6) is 5.85. The van der Waals surface area contributed by atoms with E-state index in [0.717, 1.165) is 35.5 Å². The predicted octanol–water partition coefficient (Wildman–Crippen LogP) is 4.60. The number of hydrogen-bond donors (Lipinski definition) is 0. The summed E-state index contributed by atoms with van der Waals surface area (Å²) in [7, 11) is 0. The van der Waals surface area contributed by atoms with Crippen molar-refractivity contribution in [2.75, 3.05) is 0 Å². The molecule has 14 heavy (non-hydrogen) atoms. The lowest BCUT2D eigenvalue weighted by molar-refractivity contribution is 0.300. The molecule has 84 valence electrons. The zero-order chi connectivity index (χ0) is 10.9. The van der Waals surface area contributed by atoms with Gasteiger partial charge in [0.2, 0.25) is 0 Å². The Morgan fingerprint density at radius 2 is 1.50 bits per heavy atom. The van der Waals surface area contributed by atoms with Crippen LogP contribution in [0.3, 0.4) is 0 Å². The predicted molar refractivity (Wildman–Crippen MR) is 64.2 cm³/mol. The molecule has 0 aromatic carbocycles. The van der Waals surface area contributed by atoms with Gasteiger partial charge in [0.05, 0.1) is 0 Å². The van der Waals surface area contributed by atoms with Gasteiger partial charge in [-0.25, -0.2) is 0 Å². The highest BCUT2D eigenvalue weighted by Gasteiger charge is 2.51. The lowest BCUT2D eigenvalue weighted by atomic mass is 9.86. The molecule has 0 heteroatoms. The van der Waals surface area contributed by atoms with Crippen LogP contribution < -0.4 is 0 Å². The van der Waals surface area contributed by atoms with E-state index in [1.165, 1.54) is 12.8 Å². The largest absolute Gasteiger partial charge is 0.0651 e. The average molecular weight is 196 g/mol. The highest BCUT2D eigenvalue weighted by atomic mass is 14.6. The van der Waals surface area contributed by atoms with Crippen LogP contribution in [-0.2, 0) is 0 Å². The van der Waals surface area contributed by atoms with Crippen LogP contribution in [0.1, 0.15) is 54.4 Å². The normalized spacial score (nSPS) is 37.7. The van der Waals surface area contributed by atoms with Crippen LogP contribution in [-0.4, -0.2) is 0 Å². The first kappa shape index (κ1) is 12.1. The van der Waals surface area contributed by atoms with Crippen LogP contribution >= 0.6 is 0 Å². The van der Waals surface area contributed by atoms with Gasteiger partial charge in [0.25, 0.3) is 0 Å². The molecule has 1 rings (SSSR count). The van der Waals surface area contributed by atoms with E-state index < -0.39 is 0 Å². The highest BCUT2D eigenvalue weighted by Crippen LogP contribution is 2.57. The highest BCUT2D eigenvalue weighted by molar-refractivity contribution is 4.99. The van der Waals surface area contributed by atoms with Gasteiger partial charge < -0.3 is 0 Å². The summed E-state index contributed by atoms with van der Waals surface area (Å²) in [6.07, 6.45) is 2.70. The van der Waals surface area contributed by atoms with E-state index in [4.69, 9.17) is 0 Å². The maximum absolute atomic E-state index is 2.47. The number of rotatable bonds is 5. The molecule has 0 saturated heterocycles. The summed E-state index contributed by atoms with van der Waals surface area (Å²) in [5, 5.41) is 0. The van der Waals surface area contributed by atoms with Crippen molar-refractivity contribution in [3.05, 3.63) is 0 Å². The fourth-order valence-electron chi connectivity index (χ4n) is 3.28. The van der Waals surface area contributed by atoms with E-state index in [2.05, 4.69) is 41.5 Å². The summed E-state index contributed by atoms with van der Waals surface area (Å²) in [4.78, 5) is 0. The Morgan fingerprint density at radius 3 is 1.93 bits per heavy atom. The molecule has 1 fully saturated rings. The van der Waals surface area contributed by atoms with E-state index in [0.29, 0.717) is 0 Å². The lowest BCUT2D eigenvalue weighted by Gasteiger charge is -2.19. The van der Waals surface area contributed by atoms with E-state index in [1.54, 1.807) is 0 Å². The molecule has 0 spiro atoms. The van der Waals surface area contributed by atoms with Crippen LogP contribution in [0.4, 0.5) is 0 Å². The van der Waals surface area contributed by atoms with Gasteiger partial charge in [-0.05, 0) is 35.5 Å². The molecule has 0 aromatic rings. The summed E-state index contributed by atoms with van der Waals surface area (Å²) in [6, 6.07) is 0. The molecule has 1 aliphatic carbocycles. The van der Waals surface area contributed by atoms with Crippen molar-refractivity contribution in [3.63, 3.8) is 0 Å². The van der Waals surface area contributed by atoms with Crippen molar-refractivity contribution in [3.8, 4) is 0 Å². The standard InChI is InChI=1S/C14H28/c1-7-9(3)11(5)14-12(6)13(14)10(4)8-2/h9-14H,7-8H2,1-6H3. The monoisotopic (exact) mass is 196 g/mol. The summed E-state index contributed by atoms with van der Waals surface area (Å²) >= 11 is 0. The fraction of sp³-hybridized carbons (Fsp3) is 1.00. The molecule has 6 unspecified atom stereocenters. The Bertz CT molecular complexity index is 161. The first-order valence-electron chi connectivity index (χ1n) is 6.54. The molecule has 1 saturated carbocycles. The minimum absolute atomic E-state index is 0.913. The molecule has 1 aliphatic rings. The van der Waals surface area contributed by atoms with Crippen molar-refractivity contribution in [1.82, 2.24) is 0 Å². The Hall–Kier alpha value is 0. The van der Waals surface area contributed by atoms with Gasteiger partial charge in [-0.2, -0.15) is 0 Å². The lowest BCUT2D eigenvalue weighted by Crippen LogP contribution is -2.12. The maximum atomic E-state index is 2.47. The van der Waals surface area contributed by atoms with Crippen molar-refractivity contribution >= 4 is 0 Å². The van der Waals surface area contributed by atoms with E-state index in [9.17, 15) is 0 Å².